The van der Waals surface area contributed by atoms with Crippen molar-refractivity contribution in [2.24, 2.45) is 0 Å². The lowest BCUT2D eigenvalue weighted by molar-refractivity contribution is -0.849. The summed E-state index contributed by atoms with van der Waals surface area (Å²) in [6, 6.07) is 0.337. The fourth-order valence-corrected chi connectivity index (χ4v) is 1.14. The molecule has 0 fully saturated rings. The fraction of sp³-hybridized carbons (Fsp3) is 1.00. The Morgan fingerprint density at radius 1 is 1.19 bits per heavy atom. The van der Waals surface area contributed by atoms with E-state index < -0.39 is 10.1 Å². The predicted octanol–water partition coefficient (Wildman–Crippen LogP) is 0.242. The van der Waals surface area contributed by atoms with Crippen LogP contribution in [0.3, 0.4) is 0 Å². The molecule has 0 atom stereocenters. The lowest BCUT2D eigenvalue weighted by Gasteiger charge is -2.14. The molecule has 0 aromatic carbocycles. The highest BCUT2D eigenvalue weighted by atomic mass is 32.2. The van der Waals surface area contributed by atoms with Crippen molar-refractivity contribution < 1.29 is 17.5 Å². The summed E-state index contributed by atoms with van der Waals surface area (Å²) in [6.07, 6.45) is 0.393. The highest BCUT2D eigenvalue weighted by molar-refractivity contribution is 7.85. The SMILES string of the molecule is CC(C)NCCCS(=O)(=O)[O-].C[N+](C)(C)C. The van der Waals surface area contributed by atoms with Crippen LogP contribution in [0, 0.1) is 0 Å². The molecule has 1 N–H and O–H groups in total. The molecule has 0 radical (unpaired) electrons. The van der Waals surface area contributed by atoms with E-state index in [1.165, 1.54) is 0 Å². The van der Waals surface area contributed by atoms with Crippen LogP contribution in [-0.4, -0.2) is 64.0 Å². The van der Waals surface area contributed by atoms with Crippen LogP contribution < -0.4 is 5.32 Å². The van der Waals surface area contributed by atoms with E-state index >= 15 is 0 Å². The number of nitrogens with zero attached hydrogens (tertiary/aromatic N) is 1. The molecule has 0 aliphatic rings. The topological polar surface area (TPSA) is 69.2 Å². The van der Waals surface area contributed by atoms with Crippen molar-refractivity contribution in [3.05, 3.63) is 0 Å². The Balaban J connectivity index is 0. The molecule has 0 bridgehead atoms. The van der Waals surface area contributed by atoms with Crippen molar-refractivity contribution in [1.29, 1.82) is 0 Å². The highest BCUT2D eigenvalue weighted by Gasteiger charge is 1.95. The third kappa shape index (κ3) is 37.1. The van der Waals surface area contributed by atoms with Crippen molar-refractivity contribution in [2.45, 2.75) is 26.3 Å². The summed E-state index contributed by atoms with van der Waals surface area (Å²) in [5, 5.41) is 3.01. The number of quaternary nitrogens is 1. The molecule has 0 rings (SSSR count). The monoisotopic (exact) mass is 254 g/mol. The van der Waals surface area contributed by atoms with Gasteiger partial charge in [0, 0.05) is 11.8 Å². The van der Waals surface area contributed by atoms with Gasteiger partial charge in [0.2, 0.25) is 0 Å². The Bertz CT molecular complexity index is 250. The number of nitrogens with one attached hydrogen (secondary N) is 1. The molecular formula is C10H26N2O3S. The third-order valence-corrected chi connectivity index (χ3v) is 1.91. The summed E-state index contributed by atoms with van der Waals surface area (Å²) in [4.78, 5) is 0. The molecule has 0 aromatic rings. The first-order valence-corrected chi connectivity index (χ1v) is 6.95. The van der Waals surface area contributed by atoms with Gasteiger partial charge in [-0.05, 0) is 13.0 Å². The van der Waals surface area contributed by atoms with Gasteiger partial charge in [-0.2, -0.15) is 0 Å². The minimum Gasteiger partial charge on any atom is -0.748 e. The van der Waals surface area contributed by atoms with Gasteiger partial charge in [0.15, 0.2) is 0 Å². The average Bonchev–Trinajstić information content (AvgIpc) is 1.92. The van der Waals surface area contributed by atoms with Crippen molar-refractivity contribution in [3.8, 4) is 0 Å². The predicted molar refractivity (Wildman–Crippen MR) is 66.3 cm³/mol. The summed E-state index contributed by atoms with van der Waals surface area (Å²) in [5.41, 5.74) is 0. The third-order valence-electron chi connectivity index (χ3n) is 1.12. The molecule has 0 unspecified atom stereocenters. The van der Waals surface area contributed by atoms with Crippen molar-refractivity contribution in [3.63, 3.8) is 0 Å². The van der Waals surface area contributed by atoms with Crippen LogP contribution in [0.5, 0.6) is 0 Å². The zero-order valence-corrected chi connectivity index (χ0v) is 12.1. The van der Waals surface area contributed by atoms with Crippen LogP contribution in [0.2, 0.25) is 0 Å². The summed E-state index contributed by atoms with van der Waals surface area (Å²) in [5.74, 6) is -0.271. The van der Waals surface area contributed by atoms with Gasteiger partial charge in [-0.3, -0.25) is 0 Å². The van der Waals surface area contributed by atoms with E-state index in [4.69, 9.17) is 0 Å². The van der Waals surface area contributed by atoms with Crippen molar-refractivity contribution >= 4 is 10.1 Å². The summed E-state index contributed by atoms with van der Waals surface area (Å²) in [6.45, 7) is 4.51. The molecule has 0 aliphatic heterocycles. The van der Waals surface area contributed by atoms with Gasteiger partial charge in [0.1, 0.15) is 0 Å². The Morgan fingerprint density at radius 3 is 1.81 bits per heavy atom. The second kappa shape index (κ2) is 8.00. The van der Waals surface area contributed by atoms with E-state index in [1.807, 2.05) is 13.8 Å². The Hall–Kier alpha value is -0.170. The number of rotatable bonds is 5. The average molecular weight is 254 g/mol. The second-order valence-corrected chi connectivity index (χ2v) is 6.93. The standard InChI is InChI=1S/C6H15NO3S.C4H12N/c1-6(2)7-4-3-5-11(8,9)10;1-5(2,3)4/h6-7H,3-5H2,1-2H3,(H,8,9,10);1-4H3/q;+1/p-1. The van der Waals surface area contributed by atoms with E-state index in [1.54, 1.807) is 0 Å². The minimum atomic E-state index is -4.01. The van der Waals surface area contributed by atoms with Gasteiger partial charge < -0.3 is 14.4 Å². The first-order chi connectivity index (χ1) is 6.92. The zero-order valence-electron chi connectivity index (χ0n) is 11.3. The zero-order chi connectivity index (χ0) is 13.4. The molecule has 0 aromatic heterocycles. The van der Waals surface area contributed by atoms with Gasteiger partial charge >= 0.3 is 0 Å². The second-order valence-electron chi connectivity index (χ2n) is 5.41. The molecule has 0 amide bonds. The summed E-state index contributed by atoms with van der Waals surface area (Å²) < 4.78 is 31.3. The fourth-order valence-electron chi connectivity index (χ4n) is 0.640. The van der Waals surface area contributed by atoms with E-state index in [0.717, 1.165) is 4.48 Å². The smallest absolute Gasteiger partial charge is 0.0946 e. The molecule has 6 heteroatoms. The maximum absolute atomic E-state index is 10.1. The molecule has 0 aliphatic carbocycles. The van der Waals surface area contributed by atoms with Gasteiger partial charge in [-0.1, -0.05) is 13.8 Å². The minimum absolute atomic E-state index is 0.271. The number of hydrogen-bond acceptors (Lipinski definition) is 4. The molecule has 16 heavy (non-hydrogen) atoms. The quantitative estimate of drug-likeness (QED) is 0.433. The first kappa shape index (κ1) is 18.2. The van der Waals surface area contributed by atoms with Crippen LogP contribution in [0.15, 0.2) is 0 Å². The molecule has 5 nitrogen and oxygen atoms in total. The summed E-state index contributed by atoms with van der Waals surface area (Å²) >= 11 is 0. The van der Waals surface area contributed by atoms with Crippen LogP contribution >= 0.6 is 0 Å². The van der Waals surface area contributed by atoms with E-state index in [2.05, 4.69) is 33.5 Å². The van der Waals surface area contributed by atoms with Crippen LogP contribution in [0.25, 0.3) is 0 Å². The van der Waals surface area contributed by atoms with E-state index in [9.17, 15) is 13.0 Å². The molecule has 0 heterocycles. The van der Waals surface area contributed by atoms with Gasteiger partial charge in [0.05, 0.1) is 38.3 Å². The van der Waals surface area contributed by atoms with Crippen molar-refractivity contribution in [1.82, 2.24) is 5.32 Å². The lowest BCUT2D eigenvalue weighted by atomic mass is 10.4. The summed E-state index contributed by atoms with van der Waals surface area (Å²) in [7, 11) is 4.49. The van der Waals surface area contributed by atoms with E-state index in [0.29, 0.717) is 19.0 Å². The lowest BCUT2D eigenvalue weighted by Crippen LogP contribution is -2.27. The van der Waals surface area contributed by atoms with Gasteiger partial charge in [0.25, 0.3) is 0 Å². The van der Waals surface area contributed by atoms with Gasteiger partial charge in [-0.15, -0.1) is 0 Å². The Morgan fingerprint density at radius 2 is 1.56 bits per heavy atom. The van der Waals surface area contributed by atoms with Crippen LogP contribution in [0.4, 0.5) is 0 Å². The normalized spacial score (nSPS) is 12.2. The Labute approximate surface area is 100 Å². The largest absolute Gasteiger partial charge is 0.748 e. The van der Waals surface area contributed by atoms with Gasteiger partial charge in [-0.25, -0.2) is 8.42 Å². The van der Waals surface area contributed by atoms with E-state index in [-0.39, 0.29) is 5.75 Å². The molecular weight excluding hydrogens is 228 g/mol. The molecule has 0 saturated carbocycles. The Kier molecular flexibility index (Phi) is 9.10. The van der Waals surface area contributed by atoms with Crippen LogP contribution in [0.1, 0.15) is 20.3 Å². The maximum atomic E-state index is 10.1. The molecule has 0 saturated heterocycles. The highest BCUT2D eigenvalue weighted by Crippen LogP contribution is 1.87. The first-order valence-electron chi connectivity index (χ1n) is 5.37. The molecule has 0 spiro atoms. The number of hydrogen-bond donors (Lipinski definition) is 1. The maximum Gasteiger partial charge on any atom is 0.0946 e. The van der Waals surface area contributed by atoms with Crippen molar-refractivity contribution in [2.75, 3.05) is 40.5 Å². The molecule has 100 valence electrons. The van der Waals surface area contributed by atoms with Crippen LogP contribution in [-0.2, 0) is 10.1 Å².